The van der Waals surface area contributed by atoms with Gasteiger partial charge >= 0.3 is 5.97 Å². The van der Waals surface area contributed by atoms with Gasteiger partial charge in [-0.1, -0.05) is 96.8 Å². The number of hydrogen-bond donors (Lipinski definition) is 3. The average molecular weight is 399 g/mol. The van der Waals surface area contributed by atoms with Gasteiger partial charge in [-0.05, 0) is 6.42 Å². The van der Waals surface area contributed by atoms with Crippen LogP contribution in [0.1, 0.15) is 116 Å². The number of rotatable bonds is 20. The molecule has 0 saturated carbocycles. The molecule has 0 aliphatic rings. The molecule has 0 aromatic heterocycles. The van der Waals surface area contributed by atoms with Gasteiger partial charge in [0.05, 0.1) is 6.42 Å². The van der Waals surface area contributed by atoms with Crippen LogP contribution in [-0.2, 0) is 14.4 Å². The first-order chi connectivity index (χ1) is 13.5. The van der Waals surface area contributed by atoms with Crippen LogP contribution in [0, 0.1) is 0 Å². The van der Waals surface area contributed by atoms with Crippen LogP contribution in [0.3, 0.4) is 0 Å². The van der Waals surface area contributed by atoms with Crippen molar-refractivity contribution in [2.45, 2.75) is 122 Å². The fraction of sp³-hybridized carbons (Fsp3) is 0.864. The predicted octanol–water partition coefficient (Wildman–Crippen LogP) is 4.69. The molecule has 6 heteroatoms. The Bertz CT molecular complexity index is 427. The molecule has 1 atom stereocenters. The first kappa shape index (κ1) is 26.4. The fourth-order valence-electron chi connectivity index (χ4n) is 3.32. The smallest absolute Gasteiger partial charge is 0.305 e. The lowest BCUT2D eigenvalue weighted by Crippen LogP contribution is -2.45. The van der Waals surface area contributed by atoms with Gasteiger partial charge in [-0.25, -0.2) is 0 Å². The van der Waals surface area contributed by atoms with Gasteiger partial charge in [0, 0.05) is 6.42 Å². The van der Waals surface area contributed by atoms with Crippen LogP contribution < -0.4 is 11.1 Å². The Hall–Kier alpha value is -1.59. The highest BCUT2D eigenvalue weighted by Crippen LogP contribution is 2.13. The quantitative estimate of drug-likeness (QED) is 0.258. The summed E-state index contributed by atoms with van der Waals surface area (Å²) in [6.07, 6.45) is 18.7. The Labute approximate surface area is 171 Å². The average Bonchev–Trinajstić information content (AvgIpc) is 2.64. The van der Waals surface area contributed by atoms with Crippen molar-refractivity contribution in [3.05, 3.63) is 0 Å². The third-order valence-corrected chi connectivity index (χ3v) is 5.06. The highest BCUT2D eigenvalue weighted by Gasteiger charge is 2.20. The summed E-state index contributed by atoms with van der Waals surface area (Å²) < 4.78 is 0. The number of carboxylic acid groups (broad SMARTS) is 1. The van der Waals surface area contributed by atoms with Crippen LogP contribution in [0.25, 0.3) is 0 Å². The third-order valence-electron chi connectivity index (χ3n) is 5.06. The summed E-state index contributed by atoms with van der Waals surface area (Å²) in [7, 11) is 0. The van der Waals surface area contributed by atoms with E-state index in [9.17, 15) is 14.4 Å². The molecule has 0 radical (unpaired) electrons. The Kier molecular flexibility index (Phi) is 17.7. The zero-order valence-corrected chi connectivity index (χ0v) is 17.8. The van der Waals surface area contributed by atoms with Gasteiger partial charge in [0.15, 0.2) is 0 Å². The second-order valence-corrected chi connectivity index (χ2v) is 7.82. The standard InChI is InChI=1S/C22H42N2O4/c1-2-3-4-5-6-7-8-9-10-11-12-13-14-15-16-17-20(25)24-19(22(23)28)18-21(26)27/h19H,2-18H2,1H3,(H2,23,28)(H,24,25)(H,26,27)/t19-/m0/s1. The van der Waals surface area contributed by atoms with Crippen LogP contribution in [-0.4, -0.2) is 28.9 Å². The first-order valence-electron chi connectivity index (χ1n) is 11.3. The largest absolute Gasteiger partial charge is 0.481 e. The van der Waals surface area contributed by atoms with E-state index in [1.165, 1.54) is 77.0 Å². The molecule has 28 heavy (non-hydrogen) atoms. The van der Waals surface area contributed by atoms with Gasteiger partial charge in [0.2, 0.25) is 11.8 Å². The molecule has 0 aliphatic heterocycles. The molecule has 0 bridgehead atoms. The van der Waals surface area contributed by atoms with Crippen LogP contribution in [0.2, 0.25) is 0 Å². The number of carboxylic acids is 1. The van der Waals surface area contributed by atoms with Crippen LogP contribution in [0.5, 0.6) is 0 Å². The van der Waals surface area contributed by atoms with Crippen molar-refractivity contribution in [3.63, 3.8) is 0 Å². The lowest BCUT2D eigenvalue weighted by atomic mass is 10.0. The van der Waals surface area contributed by atoms with Gasteiger partial charge in [0.1, 0.15) is 6.04 Å². The lowest BCUT2D eigenvalue weighted by Gasteiger charge is -2.13. The van der Waals surface area contributed by atoms with Gasteiger partial charge in [0.25, 0.3) is 0 Å². The zero-order chi connectivity index (χ0) is 21.0. The van der Waals surface area contributed by atoms with E-state index in [-0.39, 0.29) is 5.91 Å². The zero-order valence-electron chi connectivity index (χ0n) is 17.8. The van der Waals surface area contributed by atoms with E-state index >= 15 is 0 Å². The number of amides is 2. The normalized spacial score (nSPS) is 11.9. The van der Waals surface area contributed by atoms with Gasteiger partial charge in [-0.3, -0.25) is 14.4 Å². The highest BCUT2D eigenvalue weighted by molar-refractivity contribution is 5.89. The number of hydrogen-bond acceptors (Lipinski definition) is 3. The van der Waals surface area contributed by atoms with E-state index in [4.69, 9.17) is 10.8 Å². The third kappa shape index (κ3) is 17.8. The van der Waals surface area contributed by atoms with Crippen molar-refractivity contribution in [2.75, 3.05) is 0 Å². The minimum Gasteiger partial charge on any atom is -0.481 e. The van der Waals surface area contributed by atoms with Crippen LogP contribution in [0.15, 0.2) is 0 Å². The Morgan fingerprint density at radius 3 is 1.50 bits per heavy atom. The van der Waals surface area contributed by atoms with E-state index in [0.29, 0.717) is 6.42 Å². The van der Waals surface area contributed by atoms with Crippen molar-refractivity contribution in [1.82, 2.24) is 5.32 Å². The molecule has 2 amide bonds. The molecule has 6 nitrogen and oxygen atoms in total. The maximum absolute atomic E-state index is 11.8. The summed E-state index contributed by atoms with van der Waals surface area (Å²) in [4.78, 5) is 33.5. The SMILES string of the molecule is CCCCCCCCCCCCCCCCCC(=O)N[C@@H](CC(=O)O)C(N)=O. The molecule has 0 saturated heterocycles. The fourth-order valence-corrected chi connectivity index (χ4v) is 3.32. The van der Waals surface area contributed by atoms with E-state index in [2.05, 4.69) is 12.2 Å². The van der Waals surface area contributed by atoms with Crippen molar-refractivity contribution >= 4 is 17.8 Å². The Morgan fingerprint density at radius 2 is 1.14 bits per heavy atom. The first-order valence-corrected chi connectivity index (χ1v) is 11.3. The molecule has 164 valence electrons. The number of carbonyl (C=O) groups is 3. The minimum atomic E-state index is -1.16. The topological polar surface area (TPSA) is 109 Å². The summed E-state index contributed by atoms with van der Waals surface area (Å²) in [6, 6.07) is -1.12. The number of nitrogens with one attached hydrogen (secondary N) is 1. The molecular formula is C22H42N2O4. The van der Waals surface area contributed by atoms with Crippen molar-refractivity contribution in [1.29, 1.82) is 0 Å². The van der Waals surface area contributed by atoms with Crippen LogP contribution >= 0.6 is 0 Å². The molecule has 0 heterocycles. The van der Waals surface area contributed by atoms with E-state index in [0.717, 1.165) is 19.3 Å². The molecular weight excluding hydrogens is 356 g/mol. The molecule has 4 N–H and O–H groups in total. The number of primary amides is 1. The number of carbonyl (C=O) groups excluding carboxylic acids is 2. The van der Waals surface area contributed by atoms with Crippen LogP contribution in [0.4, 0.5) is 0 Å². The maximum Gasteiger partial charge on any atom is 0.305 e. The number of nitrogens with two attached hydrogens (primary N) is 1. The second-order valence-electron chi connectivity index (χ2n) is 7.82. The molecule has 0 spiro atoms. The van der Waals surface area contributed by atoms with E-state index < -0.39 is 24.3 Å². The number of aliphatic carboxylic acids is 1. The molecule has 0 aromatic rings. The molecule has 0 fully saturated rings. The van der Waals surface area contributed by atoms with Crippen molar-refractivity contribution < 1.29 is 19.5 Å². The molecule has 0 aromatic carbocycles. The van der Waals surface area contributed by atoms with Crippen molar-refractivity contribution in [2.24, 2.45) is 5.73 Å². The molecule has 0 unspecified atom stereocenters. The van der Waals surface area contributed by atoms with Gasteiger partial charge in [-0.15, -0.1) is 0 Å². The second kappa shape index (κ2) is 18.8. The predicted molar refractivity (Wildman–Crippen MR) is 113 cm³/mol. The summed E-state index contributed by atoms with van der Waals surface area (Å²) in [5.41, 5.74) is 5.10. The monoisotopic (exact) mass is 398 g/mol. The summed E-state index contributed by atoms with van der Waals surface area (Å²) >= 11 is 0. The molecule has 0 rings (SSSR count). The highest BCUT2D eigenvalue weighted by atomic mass is 16.4. The van der Waals surface area contributed by atoms with Gasteiger partial charge < -0.3 is 16.2 Å². The Morgan fingerprint density at radius 1 is 0.750 bits per heavy atom. The summed E-state index contributed by atoms with van der Waals surface area (Å²) in [5, 5.41) is 11.1. The maximum atomic E-state index is 11.8. The Balaban J connectivity index is 3.41. The number of unbranched alkanes of at least 4 members (excludes halogenated alkanes) is 14. The molecule has 0 aliphatic carbocycles. The summed E-state index contributed by atoms with van der Waals surface area (Å²) in [5.74, 6) is -2.27. The lowest BCUT2D eigenvalue weighted by molar-refractivity contribution is -0.140. The summed E-state index contributed by atoms with van der Waals surface area (Å²) in [6.45, 7) is 2.25. The van der Waals surface area contributed by atoms with E-state index in [1.807, 2.05) is 0 Å². The minimum absolute atomic E-state index is 0.306. The van der Waals surface area contributed by atoms with E-state index in [1.54, 1.807) is 0 Å². The van der Waals surface area contributed by atoms with Gasteiger partial charge in [-0.2, -0.15) is 0 Å². The van der Waals surface area contributed by atoms with Crippen molar-refractivity contribution in [3.8, 4) is 0 Å².